The monoisotopic (exact) mass is 337 g/mol. The zero-order valence-electron chi connectivity index (χ0n) is 13.9. The van der Waals surface area contributed by atoms with Crippen LogP contribution in [-0.4, -0.2) is 10.1 Å². The molecule has 0 aliphatic heterocycles. The number of nitrogens with zero attached hydrogens (tertiary/aromatic N) is 1. The van der Waals surface area contributed by atoms with Crippen molar-refractivity contribution in [2.75, 3.05) is 0 Å². The van der Waals surface area contributed by atoms with E-state index in [2.05, 4.69) is 17.1 Å². The lowest BCUT2D eigenvalue weighted by molar-refractivity contribution is 0.476. The van der Waals surface area contributed by atoms with Gasteiger partial charge in [0.25, 0.3) is 0 Å². The molecule has 0 fully saturated rings. The van der Waals surface area contributed by atoms with Gasteiger partial charge in [-0.25, -0.2) is 4.98 Å². The maximum atomic E-state index is 9.61. The van der Waals surface area contributed by atoms with Gasteiger partial charge in [0, 0.05) is 5.56 Å². The van der Waals surface area contributed by atoms with Crippen LogP contribution in [0.4, 0.5) is 0 Å². The molecule has 0 spiro atoms. The number of aromatic hydroxyl groups is 1. The summed E-state index contributed by atoms with van der Waals surface area (Å²) in [5.74, 6) is 0.912. The summed E-state index contributed by atoms with van der Waals surface area (Å²) >= 11 is 0. The fraction of sp³-hybridized carbons (Fsp3) is 0. The van der Waals surface area contributed by atoms with Crippen molar-refractivity contribution in [2.45, 2.75) is 0 Å². The zero-order valence-corrected chi connectivity index (χ0v) is 13.9. The van der Waals surface area contributed by atoms with Gasteiger partial charge in [-0.2, -0.15) is 0 Å². The third-order valence-corrected chi connectivity index (χ3v) is 4.57. The molecule has 4 aromatic carbocycles. The molecule has 0 saturated heterocycles. The molecule has 0 unspecified atom stereocenters. The van der Waals surface area contributed by atoms with E-state index in [0.717, 1.165) is 38.6 Å². The van der Waals surface area contributed by atoms with Crippen LogP contribution in [0.5, 0.6) is 5.75 Å². The highest BCUT2D eigenvalue weighted by Gasteiger charge is 2.09. The molecule has 1 aromatic heterocycles. The third kappa shape index (κ3) is 2.50. The molecule has 0 bridgehead atoms. The summed E-state index contributed by atoms with van der Waals surface area (Å²) in [6, 6.07) is 27.6. The Morgan fingerprint density at radius 2 is 1.38 bits per heavy atom. The molecule has 5 rings (SSSR count). The van der Waals surface area contributed by atoms with Gasteiger partial charge in [-0.05, 0) is 64.4 Å². The number of aromatic nitrogens is 1. The van der Waals surface area contributed by atoms with Crippen molar-refractivity contribution in [3.05, 3.63) is 84.9 Å². The van der Waals surface area contributed by atoms with Gasteiger partial charge in [0.05, 0.1) is 0 Å². The smallest absolute Gasteiger partial charge is 0.227 e. The Kier molecular flexibility index (Phi) is 3.25. The second-order valence-corrected chi connectivity index (χ2v) is 6.31. The summed E-state index contributed by atoms with van der Waals surface area (Å²) in [7, 11) is 0. The Morgan fingerprint density at radius 3 is 2.27 bits per heavy atom. The molecule has 0 radical (unpaired) electrons. The van der Waals surface area contributed by atoms with Crippen LogP contribution in [-0.2, 0) is 0 Å². The molecule has 3 heteroatoms. The first-order valence-corrected chi connectivity index (χ1v) is 8.45. The molecular formula is C23H15NO2. The molecule has 0 aliphatic carbocycles. The fourth-order valence-electron chi connectivity index (χ4n) is 3.22. The van der Waals surface area contributed by atoms with Gasteiger partial charge in [-0.3, -0.25) is 0 Å². The van der Waals surface area contributed by atoms with E-state index >= 15 is 0 Å². The molecule has 26 heavy (non-hydrogen) atoms. The molecule has 3 nitrogen and oxygen atoms in total. The van der Waals surface area contributed by atoms with E-state index in [4.69, 9.17) is 4.42 Å². The average Bonchev–Trinajstić information content (AvgIpc) is 3.11. The van der Waals surface area contributed by atoms with Crippen molar-refractivity contribution in [2.24, 2.45) is 0 Å². The summed E-state index contributed by atoms with van der Waals surface area (Å²) in [5, 5.41) is 11.7. The Labute approximate surface area is 150 Å². The molecule has 0 atom stereocenters. The first kappa shape index (κ1) is 14.7. The summed E-state index contributed by atoms with van der Waals surface area (Å²) in [5.41, 5.74) is 4.77. The number of fused-ring (bicyclic) bond motifs is 2. The van der Waals surface area contributed by atoms with Crippen molar-refractivity contribution in [3.63, 3.8) is 0 Å². The van der Waals surface area contributed by atoms with E-state index in [0.29, 0.717) is 5.89 Å². The van der Waals surface area contributed by atoms with Crippen LogP contribution in [0.3, 0.4) is 0 Å². The van der Waals surface area contributed by atoms with Crippen molar-refractivity contribution >= 4 is 21.9 Å². The number of benzene rings is 4. The largest absolute Gasteiger partial charge is 0.508 e. The van der Waals surface area contributed by atoms with Crippen LogP contribution in [0, 0.1) is 0 Å². The standard InChI is InChI=1S/C23H15NO2/c25-20-10-8-17-12-16(6-7-18(17)13-20)19-9-11-22-21(14-19)24-23(26-22)15-4-2-1-3-5-15/h1-14,25H. The van der Waals surface area contributed by atoms with Crippen LogP contribution >= 0.6 is 0 Å². The maximum Gasteiger partial charge on any atom is 0.227 e. The minimum absolute atomic E-state index is 0.280. The Bertz CT molecular complexity index is 1240. The topological polar surface area (TPSA) is 46.3 Å². The lowest BCUT2D eigenvalue weighted by atomic mass is 10.0. The predicted octanol–water partition coefficient (Wildman–Crippen LogP) is 6.02. The van der Waals surface area contributed by atoms with Gasteiger partial charge in [-0.15, -0.1) is 0 Å². The van der Waals surface area contributed by atoms with Crippen molar-refractivity contribution < 1.29 is 9.52 Å². The summed E-state index contributed by atoms with van der Waals surface area (Å²) in [6.07, 6.45) is 0. The van der Waals surface area contributed by atoms with Gasteiger partial charge in [0.15, 0.2) is 5.58 Å². The molecule has 124 valence electrons. The molecule has 0 amide bonds. The van der Waals surface area contributed by atoms with E-state index in [1.54, 1.807) is 12.1 Å². The second kappa shape index (κ2) is 5.74. The van der Waals surface area contributed by atoms with Crippen molar-refractivity contribution in [1.82, 2.24) is 4.98 Å². The summed E-state index contributed by atoms with van der Waals surface area (Å²) in [4.78, 5) is 4.64. The van der Waals surface area contributed by atoms with Crippen LogP contribution < -0.4 is 0 Å². The lowest BCUT2D eigenvalue weighted by Crippen LogP contribution is -1.80. The number of rotatable bonds is 2. The van der Waals surface area contributed by atoms with Crippen LogP contribution in [0.2, 0.25) is 0 Å². The number of phenols is 1. The SMILES string of the molecule is Oc1ccc2cc(-c3ccc4oc(-c5ccccc5)nc4c3)ccc2c1. The average molecular weight is 337 g/mol. The number of hydrogen-bond acceptors (Lipinski definition) is 3. The van der Waals surface area contributed by atoms with Crippen molar-refractivity contribution in [3.8, 4) is 28.3 Å². The molecule has 1 heterocycles. The summed E-state index contributed by atoms with van der Waals surface area (Å²) in [6.45, 7) is 0. The van der Waals surface area contributed by atoms with E-state index in [9.17, 15) is 5.11 Å². The minimum Gasteiger partial charge on any atom is -0.508 e. The number of phenolic OH excluding ortho intramolecular Hbond substituents is 1. The first-order valence-electron chi connectivity index (χ1n) is 8.45. The third-order valence-electron chi connectivity index (χ3n) is 4.57. The van der Waals surface area contributed by atoms with Crippen molar-refractivity contribution in [1.29, 1.82) is 0 Å². The zero-order chi connectivity index (χ0) is 17.5. The Hall–Kier alpha value is -3.59. The molecule has 1 N–H and O–H groups in total. The molecular weight excluding hydrogens is 322 g/mol. The van der Waals surface area contributed by atoms with E-state index < -0.39 is 0 Å². The first-order chi connectivity index (χ1) is 12.8. The highest BCUT2D eigenvalue weighted by atomic mass is 16.3. The lowest BCUT2D eigenvalue weighted by Gasteiger charge is -2.04. The number of hydrogen-bond donors (Lipinski definition) is 1. The summed E-state index contributed by atoms with van der Waals surface area (Å²) < 4.78 is 5.89. The quantitative estimate of drug-likeness (QED) is 0.428. The van der Waals surface area contributed by atoms with Gasteiger partial charge in [0.1, 0.15) is 11.3 Å². The fourth-order valence-corrected chi connectivity index (χ4v) is 3.22. The highest BCUT2D eigenvalue weighted by molar-refractivity contribution is 5.90. The molecule has 5 aromatic rings. The van der Waals surface area contributed by atoms with Crippen LogP contribution in [0.15, 0.2) is 89.3 Å². The second-order valence-electron chi connectivity index (χ2n) is 6.31. The predicted molar refractivity (Wildman–Crippen MR) is 104 cm³/mol. The van der Waals surface area contributed by atoms with E-state index in [1.807, 2.05) is 60.7 Å². The van der Waals surface area contributed by atoms with Crippen LogP contribution in [0.1, 0.15) is 0 Å². The highest BCUT2D eigenvalue weighted by Crippen LogP contribution is 2.30. The molecule has 0 aliphatic rings. The van der Waals surface area contributed by atoms with Gasteiger partial charge in [0.2, 0.25) is 5.89 Å². The van der Waals surface area contributed by atoms with Crippen LogP contribution in [0.25, 0.3) is 44.5 Å². The Balaban J connectivity index is 1.60. The maximum absolute atomic E-state index is 9.61. The van der Waals surface area contributed by atoms with E-state index in [-0.39, 0.29) is 5.75 Å². The van der Waals surface area contributed by atoms with Gasteiger partial charge >= 0.3 is 0 Å². The van der Waals surface area contributed by atoms with E-state index in [1.165, 1.54) is 0 Å². The normalized spacial score (nSPS) is 11.2. The minimum atomic E-state index is 0.280. The van der Waals surface area contributed by atoms with Gasteiger partial charge < -0.3 is 9.52 Å². The number of oxazole rings is 1. The van der Waals surface area contributed by atoms with Gasteiger partial charge in [-0.1, -0.05) is 42.5 Å². The Morgan fingerprint density at radius 1 is 0.654 bits per heavy atom. The molecule has 0 saturated carbocycles.